The topological polar surface area (TPSA) is 64.9 Å². The number of nitrogens with two attached hydrogens (primary N) is 2. The summed E-state index contributed by atoms with van der Waals surface area (Å²) in [6, 6.07) is 9.56. The number of aromatic nitrogens is 1. The third-order valence-corrected chi connectivity index (χ3v) is 3.62. The summed E-state index contributed by atoms with van der Waals surface area (Å²) < 4.78 is 1.05. The van der Waals surface area contributed by atoms with E-state index in [4.69, 9.17) is 11.5 Å². The van der Waals surface area contributed by atoms with Crippen LogP contribution in [-0.2, 0) is 0 Å². The maximum atomic E-state index is 6.20. The van der Waals surface area contributed by atoms with Gasteiger partial charge >= 0.3 is 0 Å². The molecule has 1 aromatic heterocycles. The molecule has 1 atom stereocenters. The van der Waals surface area contributed by atoms with Crippen molar-refractivity contribution in [1.82, 2.24) is 4.98 Å². The number of pyridine rings is 1. The van der Waals surface area contributed by atoms with E-state index in [1.54, 1.807) is 6.20 Å². The molecule has 0 saturated heterocycles. The number of nitrogens with zero attached hydrogens (tertiary/aromatic N) is 1. The van der Waals surface area contributed by atoms with Crippen LogP contribution in [0.1, 0.15) is 22.7 Å². The number of rotatable bonds is 2. The number of nitrogen functional groups attached to an aromatic ring is 1. The van der Waals surface area contributed by atoms with Crippen LogP contribution in [0.15, 0.2) is 41.0 Å². The molecule has 2 rings (SSSR count). The summed E-state index contributed by atoms with van der Waals surface area (Å²) in [4.78, 5) is 4.05. The molecule has 0 aliphatic heterocycles. The minimum Gasteiger partial charge on any atom is -0.383 e. The zero-order valence-electron chi connectivity index (χ0n) is 9.52. The van der Waals surface area contributed by atoms with Gasteiger partial charge in [0, 0.05) is 16.2 Å². The number of anilines is 1. The van der Waals surface area contributed by atoms with Crippen LogP contribution in [0.2, 0.25) is 0 Å². The third-order valence-electron chi connectivity index (χ3n) is 2.76. The summed E-state index contributed by atoms with van der Waals surface area (Å²) in [5.74, 6) is 0.483. The fourth-order valence-electron chi connectivity index (χ4n) is 1.68. The molecule has 0 saturated carbocycles. The lowest BCUT2D eigenvalue weighted by molar-refractivity contribution is 0.866. The van der Waals surface area contributed by atoms with Crippen molar-refractivity contribution in [3.8, 4) is 0 Å². The van der Waals surface area contributed by atoms with Gasteiger partial charge in [-0.05, 0) is 30.2 Å². The monoisotopic (exact) mass is 291 g/mol. The highest BCUT2D eigenvalue weighted by atomic mass is 79.9. The highest BCUT2D eigenvalue weighted by Crippen LogP contribution is 2.26. The van der Waals surface area contributed by atoms with E-state index in [0.717, 1.165) is 15.6 Å². The first-order valence-corrected chi connectivity index (χ1v) is 6.11. The highest BCUT2D eigenvalue weighted by Gasteiger charge is 2.13. The Kier molecular flexibility index (Phi) is 3.45. The Morgan fingerprint density at radius 3 is 2.71 bits per heavy atom. The molecular formula is C13H14BrN3. The summed E-state index contributed by atoms with van der Waals surface area (Å²) in [6.45, 7) is 2.04. The molecule has 0 spiro atoms. The molecule has 1 aromatic carbocycles. The summed E-state index contributed by atoms with van der Waals surface area (Å²) in [5, 5.41) is 0. The van der Waals surface area contributed by atoms with Crippen LogP contribution in [0, 0.1) is 6.92 Å². The highest BCUT2D eigenvalue weighted by molar-refractivity contribution is 9.10. The molecule has 4 heteroatoms. The molecule has 1 heterocycles. The predicted molar refractivity (Wildman–Crippen MR) is 73.6 cm³/mol. The van der Waals surface area contributed by atoms with Gasteiger partial charge in [0.2, 0.25) is 0 Å². The van der Waals surface area contributed by atoms with Gasteiger partial charge in [0.25, 0.3) is 0 Å². The van der Waals surface area contributed by atoms with Crippen LogP contribution in [0.4, 0.5) is 5.82 Å². The van der Waals surface area contributed by atoms with E-state index in [9.17, 15) is 0 Å². The van der Waals surface area contributed by atoms with Crippen LogP contribution in [0.3, 0.4) is 0 Å². The van der Waals surface area contributed by atoms with Crippen LogP contribution < -0.4 is 11.5 Å². The van der Waals surface area contributed by atoms with Crippen molar-refractivity contribution >= 4 is 21.7 Å². The SMILES string of the molecule is Cc1ccc(C(N)c2cccnc2N)cc1Br. The van der Waals surface area contributed by atoms with Crippen molar-refractivity contribution in [3.05, 3.63) is 57.7 Å². The van der Waals surface area contributed by atoms with Crippen LogP contribution in [0.25, 0.3) is 0 Å². The van der Waals surface area contributed by atoms with Crippen molar-refractivity contribution in [1.29, 1.82) is 0 Å². The van der Waals surface area contributed by atoms with Gasteiger partial charge in [0.15, 0.2) is 0 Å². The zero-order chi connectivity index (χ0) is 12.4. The maximum absolute atomic E-state index is 6.20. The first-order chi connectivity index (χ1) is 8.09. The van der Waals surface area contributed by atoms with Crippen molar-refractivity contribution in [2.45, 2.75) is 13.0 Å². The lowest BCUT2D eigenvalue weighted by Crippen LogP contribution is -2.14. The zero-order valence-corrected chi connectivity index (χ0v) is 11.1. The summed E-state index contributed by atoms with van der Waals surface area (Å²) >= 11 is 3.50. The van der Waals surface area contributed by atoms with Crippen molar-refractivity contribution in [2.75, 3.05) is 5.73 Å². The molecule has 0 aliphatic rings. The first-order valence-electron chi connectivity index (χ1n) is 5.31. The average Bonchev–Trinajstić information content (AvgIpc) is 2.32. The van der Waals surface area contributed by atoms with E-state index >= 15 is 0 Å². The van der Waals surface area contributed by atoms with E-state index in [-0.39, 0.29) is 6.04 Å². The van der Waals surface area contributed by atoms with Crippen molar-refractivity contribution in [2.24, 2.45) is 5.73 Å². The molecule has 1 unspecified atom stereocenters. The van der Waals surface area contributed by atoms with E-state index < -0.39 is 0 Å². The van der Waals surface area contributed by atoms with E-state index in [1.807, 2.05) is 37.3 Å². The van der Waals surface area contributed by atoms with Gasteiger partial charge in [0.1, 0.15) is 5.82 Å². The van der Waals surface area contributed by atoms with E-state index in [1.165, 1.54) is 5.56 Å². The maximum Gasteiger partial charge on any atom is 0.128 e. The molecule has 2 aromatic rings. The molecule has 0 aliphatic carbocycles. The molecule has 88 valence electrons. The van der Waals surface area contributed by atoms with Crippen LogP contribution in [0.5, 0.6) is 0 Å². The van der Waals surface area contributed by atoms with Gasteiger partial charge in [-0.3, -0.25) is 0 Å². The molecule has 0 bridgehead atoms. The van der Waals surface area contributed by atoms with Gasteiger partial charge in [-0.25, -0.2) is 4.98 Å². The molecule has 0 amide bonds. The van der Waals surface area contributed by atoms with Gasteiger partial charge in [0.05, 0.1) is 6.04 Å². The second-order valence-corrected chi connectivity index (χ2v) is 4.82. The number of halogens is 1. The largest absolute Gasteiger partial charge is 0.383 e. The van der Waals surface area contributed by atoms with Crippen molar-refractivity contribution < 1.29 is 0 Å². The Hall–Kier alpha value is -1.39. The van der Waals surface area contributed by atoms with Gasteiger partial charge in [-0.2, -0.15) is 0 Å². The fourth-order valence-corrected chi connectivity index (χ4v) is 2.07. The molecular weight excluding hydrogens is 278 g/mol. The first kappa shape index (κ1) is 12.1. The molecule has 0 fully saturated rings. The fraction of sp³-hybridized carbons (Fsp3) is 0.154. The van der Waals surface area contributed by atoms with E-state index in [0.29, 0.717) is 5.82 Å². The van der Waals surface area contributed by atoms with Crippen LogP contribution >= 0.6 is 15.9 Å². The normalized spacial score (nSPS) is 12.4. The molecule has 3 nitrogen and oxygen atoms in total. The minimum absolute atomic E-state index is 0.249. The Morgan fingerprint density at radius 2 is 2.06 bits per heavy atom. The Balaban J connectivity index is 2.40. The number of hydrogen-bond acceptors (Lipinski definition) is 3. The third kappa shape index (κ3) is 2.48. The predicted octanol–water partition coefficient (Wildman–Crippen LogP) is 2.78. The van der Waals surface area contributed by atoms with Crippen molar-refractivity contribution in [3.63, 3.8) is 0 Å². The second kappa shape index (κ2) is 4.85. The second-order valence-electron chi connectivity index (χ2n) is 3.96. The summed E-state index contributed by atoms with van der Waals surface area (Å²) in [7, 11) is 0. The van der Waals surface area contributed by atoms with Crippen LogP contribution in [-0.4, -0.2) is 4.98 Å². The molecule has 17 heavy (non-hydrogen) atoms. The lowest BCUT2D eigenvalue weighted by Gasteiger charge is -2.15. The lowest BCUT2D eigenvalue weighted by atomic mass is 9.99. The van der Waals surface area contributed by atoms with E-state index in [2.05, 4.69) is 20.9 Å². The quantitative estimate of drug-likeness (QED) is 0.894. The molecule has 4 N–H and O–H groups in total. The number of benzene rings is 1. The average molecular weight is 292 g/mol. The summed E-state index contributed by atoms with van der Waals surface area (Å²) in [5.41, 5.74) is 15.1. The van der Waals surface area contributed by atoms with Gasteiger partial charge in [-0.15, -0.1) is 0 Å². The number of aryl methyl sites for hydroxylation is 1. The standard InChI is InChI=1S/C13H14BrN3/c1-8-4-5-9(7-11(8)14)12(15)10-3-2-6-17-13(10)16/h2-7,12H,15H2,1H3,(H2,16,17). The smallest absolute Gasteiger partial charge is 0.128 e. The minimum atomic E-state index is -0.249. The molecule has 0 radical (unpaired) electrons. The summed E-state index contributed by atoms with van der Waals surface area (Å²) in [6.07, 6.45) is 1.66. The Morgan fingerprint density at radius 1 is 1.29 bits per heavy atom. The Bertz CT molecular complexity index is 540. The number of hydrogen-bond donors (Lipinski definition) is 2. The Labute approximate surface area is 109 Å². The van der Waals surface area contributed by atoms with Gasteiger partial charge < -0.3 is 11.5 Å². The van der Waals surface area contributed by atoms with Gasteiger partial charge in [-0.1, -0.05) is 34.1 Å².